The van der Waals surface area contributed by atoms with Crippen LogP contribution in [0.25, 0.3) is 0 Å². The molecule has 70 valence electrons. The SMILES string of the molecule is C=CCC(C)CC1CCCCO1. The first-order valence-corrected chi connectivity index (χ1v) is 5.05. The summed E-state index contributed by atoms with van der Waals surface area (Å²) in [4.78, 5) is 0. The van der Waals surface area contributed by atoms with E-state index in [1.807, 2.05) is 6.08 Å². The smallest absolute Gasteiger partial charge is 0.0577 e. The highest BCUT2D eigenvalue weighted by molar-refractivity contribution is 4.74. The van der Waals surface area contributed by atoms with Gasteiger partial charge in [0.1, 0.15) is 0 Å². The first kappa shape index (κ1) is 9.79. The average Bonchev–Trinajstić information content (AvgIpc) is 2.06. The van der Waals surface area contributed by atoms with Gasteiger partial charge in [0.2, 0.25) is 0 Å². The fourth-order valence-electron chi connectivity index (χ4n) is 1.82. The predicted octanol–water partition coefficient (Wildman–Crippen LogP) is 3.16. The van der Waals surface area contributed by atoms with E-state index in [0.717, 1.165) is 18.9 Å². The molecular formula is C11H20O. The van der Waals surface area contributed by atoms with Gasteiger partial charge in [-0.2, -0.15) is 0 Å². The van der Waals surface area contributed by atoms with Crippen LogP contribution in [-0.2, 0) is 4.74 Å². The van der Waals surface area contributed by atoms with Crippen molar-refractivity contribution in [3.05, 3.63) is 12.7 Å². The van der Waals surface area contributed by atoms with E-state index in [0.29, 0.717) is 6.10 Å². The molecule has 1 aliphatic rings. The van der Waals surface area contributed by atoms with Crippen LogP contribution in [0.1, 0.15) is 39.0 Å². The summed E-state index contributed by atoms with van der Waals surface area (Å²) in [7, 11) is 0. The van der Waals surface area contributed by atoms with Gasteiger partial charge in [-0.25, -0.2) is 0 Å². The van der Waals surface area contributed by atoms with Crippen molar-refractivity contribution in [2.24, 2.45) is 5.92 Å². The Morgan fingerprint density at radius 3 is 3.00 bits per heavy atom. The van der Waals surface area contributed by atoms with Gasteiger partial charge in [-0.15, -0.1) is 6.58 Å². The lowest BCUT2D eigenvalue weighted by Gasteiger charge is -2.24. The zero-order valence-corrected chi connectivity index (χ0v) is 8.09. The molecule has 1 heteroatoms. The lowest BCUT2D eigenvalue weighted by molar-refractivity contribution is 0.00309. The van der Waals surface area contributed by atoms with Gasteiger partial charge in [-0.05, 0) is 38.0 Å². The lowest BCUT2D eigenvalue weighted by Crippen LogP contribution is -2.21. The second-order valence-electron chi connectivity index (χ2n) is 3.85. The monoisotopic (exact) mass is 168 g/mol. The molecule has 0 saturated carbocycles. The van der Waals surface area contributed by atoms with Crippen LogP contribution in [0.3, 0.4) is 0 Å². The summed E-state index contributed by atoms with van der Waals surface area (Å²) in [5, 5.41) is 0. The summed E-state index contributed by atoms with van der Waals surface area (Å²) in [6.07, 6.45) is 8.76. The zero-order chi connectivity index (χ0) is 8.81. The van der Waals surface area contributed by atoms with Crippen LogP contribution in [0.5, 0.6) is 0 Å². The van der Waals surface area contributed by atoms with E-state index in [1.54, 1.807) is 0 Å². The molecule has 1 heterocycles. The highest BCUT2D eigenvalue weighted by Gasteiger charge is 2.15. The molecule has 12 heavy (non-hydrogen) atoms. The van der Waals surface area contributed by atoms with E-state index in [-0.39, 0.29) is 0 Å². The molecule has 1 rings (SSSR count). The molecule has 1 fully saturated rings. The molecule has 0 aliphatic carbocycles. The van der Waals surface area contributed by atoms with Crippen LogP contribution in [-0.4, -0.2) is 12.7 Å². The number of hydrogen-bond donors (Lipinski definition) is 0. The van der Waals surface area contributed by atoms with Crippen LogP contribution in [0.4, 0.5) is 0 Å². The molecule has 0 N–H and O–H groups in total. The number of allylic oxidation sites excluding steroid dienone is 1. The molecule has 2 atom stereocenters. The minimum absolute atomic E-state index is 0.536. The Labute approximate surface area is 75.8 Å². The maximum atomic E-state index is 5.66. The Bertz CT molecular complexity index is 125. The minimum Gasteiger partial charge on any atom is -0.378 e. The Balaban J connectivity index is 2.15. The van der Waals surface area contributed by atoms with E-state index >= 15 is 0 Å². The summed E-state index contributed by atoms with van der Waals surface area (Å²) in [6, 6.07) is 0. The number of ether oxygens (including phenoxy) is 1. The van der Waals surface area contributed by atoms with Gasteiger partial charge in [0, 0.05) is 6.61 Å². The fourth-order valence-corrected chi connectivity index (χ4v) is 1.82. The van der Waals surface area contributed by atoms with Crippen molar-refractivity contribution in [2.75, 3.05) is 6.61 Å². The van der Waals surface area contributed by atoms with Crippen LogP contribution in [0.2, 0.25) is 0 Å². The molecule has 1 saturated heterocycles. The molecule has 0 aromatic heterocycles. The summed E-state index contributed by atoms with van der Waals surface area (Å²) < 4.78 is 5.66. The third-order valence-corrected chi connectivity index (χ3v) is 2.51. The second kappa shape index (κ2) is 5.36. The maximum absolute atomic E-state index is 5.66. The van der Waals surface area contributed by atoms with Crippen molar-refractivity contribution in [3.8, 4) is 0 Å². The van der Waals surface area contributed by atoms with Crippen molar-refractivity contribution in [1.29, 1.82) is 0 Å². The molecule has 1 aliphatic heterocycles. The van der Waals surface area contributed by atoms with Crippen molar-refractivity contribution in [3.63, 3.8) is 0 Å². The van der Waals surface area contributed by atoms with E-state index in [2.05, 4.69) is 13.5 Å². The van der Waals surface area contributed by atoms with Crippen molar-refractivity contribution in [2.45, 2.75) is 45.1 Å². The standard InChI is InChI=1S/C11H20O/c1-3-6-10(2)9-11-7-4-5-8-12-11/h3,10-11H,1,4-9H2,2H3. The Kier molecular flexibility index (Phi) is 4.37. The zero-order valence-electron chi connectivity index (χ0n) is 8.09. The first-order chi connectivity index (χ1) is 5.83. The van der Waals surface area contributed by atoms with E-state index < -0.39 is 0 Å². The highest BCUT2D eigenvalue weighted by Crippen LogP contribution is 2.21. The van der Waals surface area contributed by atoms with Gasteiger partial charge >= 0.3 is 0 Å². The van der Waals surface area contributed by atoms with Crippen LogP contribution in [0.15, 0.2) is 12.7 Å². The van der Waals surface area contributed by atoms with Crippen LogP contribution in [0, 0.1) is 5.92 Å². The molecule has 0 spiro atoms. The van der Waals surface area contributed by atoms with E-state index in [1.165, 1.54) is 25.7 Å². The summed E-state index contributed by atoms with van der Waals surface area (Å²) >= 11 is 0. The fraction of sp³-hybridized carbons (Fsp3) is 0.818. The largest absolute Gasteiger partial charge is 0.378 e. The topological polar surface area (TPSA) is 9.23 Å². The molecule has 0 radical (unpaired) electrons. The normalized spacial score (nSPS) is 26.6. The van der Waals surface area contributed by atoms with Crippen molar-refractivity contribution in [1.82, 2.24) is 0 Å². The lowest BCUT2D eigenvalue weighted by atomic mass is 9.96. The van der Waals surface area contributed by atoms with E-state index in [9.17, 15) is 0 Å². The van der Waals surface area contributed by atoms with Gasteiger partial charge in [0.15, 0.2) is 0 Å². The van der Waals surface area contributed by atoms with Crippen molar-refractivity contribution < 1.29 is 4.74 Å². The molecular weight excluding hydrogens is 148 g/mol. The molecule has 1 nitrogen and oxygen atoms in total. The molecule has 0 amide bonds. The Hall–Kier alpha value is -0.300. The number of rotatable bonds is 4. The predicted molar refractivity (Wildman–Crippen MR) is 52.2 cm³/mol. The van der Waals surface area contributed by atoms with Crippen LogP contribution < -0.4 is 0 Å². The van der Waals surface area contributed by atoms with Crippen molar-refractivity contribution >= 4 is 0 Å². The summed E-state index contributed by atoms with van der Waals surface area (Å²) in [5.41, 5.74) is 0. The molecule has 0 aromatic carbocycles. The molecule has 0 bridgehead atoms. The maximum Gasteiger partial charge on any atom is 0.0577 e. The quantitative estimate of drug-likeness (QED) is 0.586. The third-order valence-electron chi connectivity index (χ3n) is 2.51. The van der Waals surface area contributed by atoms with Crippen LogP contribution >= 0.6 is 0 Å². The van der Waals surface area contributed by atoms with Gasteiger partial charge in [0.25, 0.3) is 0 Å². The van der Waals surface area contributed by atoms with Gasteiger partial charge in [-0.1, -0.05) is 13.0 Å². The van der Waals surface area contributed by atoms with Gasteiger partial charge < -0.3 is 4.74 Å². The third kappa shape index (κ3) is 3.40. The highest BCUT2D eigenvalue weighted by atomic mass is 16.5. The average molecular weight is 168 g/mol. The van der Waals surface area contributed by atoms with Gasteiger partial charge in [-0.3, -0.25) is 0 Å². The number of hydrogen-bond acceptors (Lipinski definition) is 1. The Morgan fingerprint density at radius 1 is 1.58 bits per heavy atom. The van der Waals surface area contributed by atoms with Gasteiger partial charge in [0.05, 0.1) is 6.10 Å². The molecule has 2 unspecified atom stereocenters. The van der Waals surface area contributed by atoms with E-state index in [4.69, 9.17) is 4.74 Å². The second-order valence-corrected chi connectivity index (χ2v) is 3.85. The minimum atomic E-state index is 0.536. The summed E-state index contributed by atoms with van der Waals surface area (Å²) in [5.74, 6) is 0.741. The first-order valence-electron chi connectivity index (χ1n) is 5.05. The summed E-state index contributed by atoms with van der Waals surface area (Å²) in [6.45, 7) is 7.01. The molecule has 0 aromatic rings. The Morgan fingerprint density at radius 2 is 2.42 bits per heavy atom.